The minimum atomic E-state index is 0.905. The zero-order chi connectivity index (χ0) is 21.4. The Bertz CT molecular complexity index is 1190. The lowest BCUT2D eigenvalue weighted by atomic mass is 9.92. The average Bonchev–Trinajstić information content (AvgIpc) is 3.39. The normalized spacial score (nSPS) is 16.0. The molecule has 3 heterocycles. The topological polar surface area (TPSA) is 49.7 Å². The summed E-state index contributed by atoms with van der Waals surface area (Å²) >= 11 is 0. The smallest absolute Gasteiger partial charge is 0.141 e. The minimum absolute atomic E-state index is 0.905. The van der Waals surface area contributed by atoms with Gasteiger partial charge in [-0.1, -0.05) is 18.9 Å². The van der Waals surface area contributed by atoms with Gasteiger partial charge in [0, 0.05) is 12.1 Å². The molecule has 4 aromatic rings. The molecule has 5 heteroatoms. The van der Waals surface area contributed by atoms with Crippen molar-refractivity contribution < 1.29 is 0 Å². The zero-order valence-electron chi connectivity index (χ0n) is 19.0. The number of H-pyrrole nitrogens is 1. The number of rotatable bonds is 6. The molecule has 0 amide bonds. The van der Waals surface area contributed by atoms with Crippen molar-refractivity contribution in [2.75, 3.05) is 20.1 Å². The third-order valence-electron chi connectivity index (χ3n) is 7.21. The van der Waals surface area contributed by atoms with E-state index in [1.807, 2.05) is 0 Å². The quantitative estimate of drug-likeness (QED) is 0.410. The monoisotopic (exact) mass is 415 g/mol. The van der Waals surface area contributed by atoms with Gasteiger partial charge in [0.25, 0.3) is 0 Å². The second-order valence-corrected chi connectivity index (χ2v) is 9.34. The summed E-state index contributed by atoms with van der Waals surface area (Å²) in [4.78, 5) is 15.2. The first-order valence-electron chi connectivity index (χ1n) is 11.7. The molecule has 1 N–H and O–H groups in total. The van der Waals surface area contributed by atoms with Crippen molar-refractivity contribution in [1.82, 2.24) is 24.4 Å². The summed E-state index contributed by atoms with van der Waals surface area (Å²) in [6.45, 7) is 7.90. The number of hydrogen-bond acceptors (Lipinski definition) is 3. The summed E-state index contributed by atoms with van der Waals surface area (Å²) in [5.74, 6) is 1.97. The number of aromatic amines is 1. The highest BCUT2D eigenvalue weighted by molar-refractivity contribution is 5.86. The van der Waals surface area contributed by atoms with Crippen LogP contribution >= 0.6 is 0 Å². The van der Waals surface area contributed by atoms with Gasteiger partial charge < -0.3 is 14.5 Å². The second-order valence-electron chi connectivity index (χ2n) is 9.34. The van der Waals surface area contributed by atoms with E-state index in [0.29, 0.717) is 0 Å². The fourth-order valence-corrected chi connectivity index (χ4v) is 5.00. The van der Waals surface area contributed by atoms with Gasteiger partial charge in [0.15, 0.2) is 0 Å². The molecule has 0 aliphatic carbocycles. The summed E-state index contributed by atoms with van der Waals surface area (Å²) in [6, 6.07) is 10.9. The number of likely N-dealkylation sites (tertiary alicyclic amines) is 1. The van der Waals surface area contributed by atoms with Crippen molar-refractivity contribution in [2.45, 2.75) is 52.5 Å². The number of imidazole rings is 2. The van der Waals surface area contributed by atoms with Crippen LogP contribution in [0.25, 0.3) is 33.5 Å². The Hall–Kier alpha value is -2.66. The van der Waals surface area contributed by atoms with Crippen LogP contribution in [0.1, 0.15) is 43.2 Å². The van der Waals surface area contributed by atoms with Crippen LogP contribution in [-0.4, -0.2) is 44.6 Å². The summed E-state index contributed by atoms with van der Waals surface area (Å²) in [5, 5.41) is 0. The Labute approximate surface area is 184 Å². The van der Waals surface area contributed by atoms with Crippen molar-refractivity contribution in [3.63, 3.8) is 0 Å². The van der Waals surface area contributed by atoms with Gasteiger partial charge in [-0.2, -0.15) is 0 Å². The van der Waals surface area contributed by atoms with Crippen molar-refractivity contribution in [3.05, 3.63) is 47.8 Å². The van der Waals surface area contributed by atoms with E-state index < -0.39 is 0 Å². The van der Waals surface area contributed by atoms with E-state index in [1.165, 1.54) is 61.8 Å². The van der Waals surface area contributed by atoms with Gasteiger partial charge in [-0.3, -0.25) is 0 Å². The Morgan fingerprint density at radius 2 is 1.90 bits per heavy atom. The molecule has 0 spiro atoms. The minimum Gasteiger partial charge on any atom is -0.345 e. The summed E-state index contributed by atoms with van der Waals surface area (Å²) in [6.07, 6.45) is 8.32. The van der Waals surface area contributed by atoms with Crippen molar-refractivity contribution in [1.29, 1.82) is 0 Å². The zero-order valence-corrected chi connectivity index (χ0v) is 19.0. The standard InChI is InChI=1S/C26H33N5/c1-18-7-10-24-25(19(18)2)29-26(21-8-9-22-23(16-21)28-17-27-22)31(24)13-5-4-6-20-11-14-30(3)15-12-20/h7-10,16-17,20H,4-6,11-15H2,1-3H3,(H,27,28). The van der Waals surface area contributed by atoms with Crippen LogP contribution < -0.4 is 0 Å². The van der Waals surface area contributed by atoms with Gasteiger partial charge in [0.1, 0.15) is 5.82 Å². The first-order chi connectivity index (χ1) is 15.1. The number of nitrogens with one attached hydrogen (secondary N) is 1. The molecule has 0 saturated carbocycles. The van der Waals surface area contributed by atoms with Crippen LogP contribution in [0.15, 0.2) is 36.7 Å². The molecule has 1 saturated heterocycles. The van der Waals surface area contributed by atoms with Crippen LogP contribution in [0.2, 0.25) is 0 Å². The maximum atomic E-state index is 5.13. The number of nitrogens with zero attached hydrogens (tertiary/aromatic N) is 4. The lowest BCUT2D eigenvalue weighted by Crippen LogP contribution is -2.30. The van der Waals surface area contributed by atoms with Crippen LogP contribution in [0.4, 0.5) is 0 Å². The molecule has 1 aliphatic heterocycles. The molecule has 1 fully saturated rings. The first-order valence-corrected chi connectivity index (χ1v) is 11.7. The van der Waals surface area contributed by atoms with Crippen molar-refractivity contribution in [3.8, 4) is 11.4 Å². The van der Waals surface area contributed by atoms with Gasteiger partial charge in [0.2, 0.25) is 0 Å². The number of fused-ring (bicyclic) bond motifs is 2. The Balaban J connectivity index is 1.41. The van der Waals surface area contributed by atoms with E-state index >= 15 is 0 Å². The molecule has 31 heavy (non-hydrogen) atoms. The third kappa shape index (κ3) is 3.99. The Morgan fingerprint density at radius 1 is 1.06 bits per heavy atom. The number of benzene rings is 2. The Kier molecular flexibility index (Phi) is 5.53. The fraction of sp³-hybridized carbons (Fsp3) is 0.462. The molecule has 0 unspecified atom stereocenters. The van der Waals surface area contributed by atoms with Gasteiger partial charge in [-0.05, 0) is 94.6 Å². The molecule has 162 valence electrons. The molecule has 5 nitrogen and oxygen atoms in total. The van der Waals surface area contributed by atoms with Crippen LogP contribution in [0, 0.1) is 19.8 Å². The highest BCUT2D eigenvalue weighted by Gasteiger charge is 2.18. The lowest BCUT2D eigenvalue weighted by molar-refractivity contribution is 0.209. The van der Waals surface area contributed by atoms with Gasteiger partial charge in [-0.15, -0.1) is 0 Å². The molecule has 0 bridgehead atoms. The van der Waals surface area contributed by atoms with E-state index in [4.69, 9.17) is 4.98 Å². The highest BCUT2D eigenvalue weighted by Crippen LogP contribution is 2.30. The van der Waals surface area contributed by atoms with E-state index in [2.05, 4.69) is 70.7 Å². The SMILES string of the molecule is Cc1ccc2c(nc(-c3ccc4nc[nH]c4c3)n2CCCCC2CCN(C)CC2)c1C. The number of piperidine rings is 1. The molecule has 2 aromatic carbocycles. The second kappa shape index (κ2) is 8.46. The lowest BCUT2D eigenvalue weighted by Gasteiger charge is -2.28. The maximum Gasteiger partial charge on any atom is 0.141 e. The number of hydrogen-bond donors (Lipinski definition) is 1. The van der Waals surface area contributed by atoms with Crippen LogP contribution in [0.3, 0.4) is 0 Å². The average molecular weight is 416 g/mol. The molecule has 0 radical (unpaired) electrons. The summed E-state index contributed by atoms with van der Waals surface area (Å²) in [5.41, 5.74) is 8.18. The van der Waals surface area contributed by atoms with E-state index in [9.17, 15) is 0 Å². The third-order valence-corrected chi connectivity index (χ3v) is 7.21. The number of aromatic nitrogens is 4. The molecule has 0 atom stereocenters. The molecule has 2 aromatic heterocycles. The van der Waals surface area contributed by atoms with E-state index in [1.54, 1.807) is 6.33 Å². The maximum absolute atomic E-state index is 5.13. The van der Waals surface area contributed by atoms with Crippen LogP contribution in [-0.2, 0) is 6.54 Å². The van der Waals surface area contributed by atoms with Crippen molar-refractivity contribution >= 4 is 22.1 Å². The van der Waals surface area contributed by atoms with Crippen LogP contribution in [0.5, 0.6) is 0 Å². The van der Waals surface area contributed by atoms with E-state index in [-0.39, 0.29) is 0 Å². The highest BCUT2D eigenvalue weighted by atomic mass is 15.1. The number of unbranched alkanes of at least 4 members (excludes halogenated alkanes) is 1. The predicted octanol–water partition coefficient (Wildman–Crippen LogP) is 5.71. The molecular formula is C26H33N5. The first kappa shape index (κ1) is 20.3. The number of aryl methyl sites for hydroxylation is 3. The summed E-state index contributed by atoms with van der Waals surface area (Å²) < 4.78 is 2.44. The molecular weight excluding hydrogens is 382 g/mol. The predicted molar refractivity (Wildman–Crippen MR) is 128 cm³/mol. The molecule has 5 rings (SSSR count). The largest absolute Gasteiger partial charge is 0.345 e. The van der Waals surface area contributed by atoms with E-state index in [0.717, 1.165) is 40.4 Å². The molecule has 1 aliphatic rings. The van der Waals surface area contributed by atoms with Gasteiger partial charge >= 0.3 is 0 Å². The van der Waals surface area contributed by atoms with Gasteiger partial charge in [0.05, 0.1) is 28.4 Å². The van der Waals surface area contributed by atoms with Gasteiger partial charge in [-0.25, -0.2) is 9.97 Å². The Morgan fingerprint density at radius 3 is 2.74 bits per heavy atom. The van der Waals surface area contributed by atoms with Crippen molar-refractivity contribution in [2.24, 2.45) is 5.92 Å². The fourth-order valence-electron chi connectivity index (χ4n) is 5.00. The summed E-state index contributed by atoms with van der Waals surface area (Å²) in [7, 11) is 2.24.